The summed E-state index contributed by atoms with van der Waals surface area (Å²) in [5.41, 5.74) is 9.24. The molecule has 0 radical (unpaired) electrons. The summed E-state index contributed by atoms with van der Waals surface area (Å²) in [7, 11) is 3.70. The molecule has 4 aromatic heterocycles. The van der Waals surface area contributed by atoms with Crippen molar-refractivity contribution in [3.05, 3.63) is 70.0 Å². The number of aromatic amines is 1. The number of anilines is 2. The van der Waals surface area contributed by atoms with Gasteiger partial charge in [-0.05, 0) is 31.7 Å². The third-order valence-electron chi connectivity index (χ3n) is 8.83. The third-order valence-corrected chi connectivity index (χ3v) is 8.83. The van der Waals surface area contributed by atoms with Crippen LogP contribution < -0.4 is 21.5 Å². The number of hydrogen-bond donors (Lipinski definition) is 4. The number of aromatic nitrogens is 3. The highest BCUT2D eigenvalue weighted by Crippen LogP contribution is 2.49. The second-order valence-corrected chi connectivity index (χ2v) is 11.2. The van der Waals surface area contributed by atoms with Gasteiger partial charge in [-0.3, -0.25) is 9.20 Å². The number of halogens is 1. The molecule has 2 aliphatic heterocycles. The minimum Gasteiger partial charge on any atom is -0.477 e. The van der Waals surface area contributed by atoms with E-state index >= 15 is 4.39 Å². The molecule has 2 atom stereocenters. The first-order valence-electron chi connectivity index (χ1n) is 13.5. The summed E-state index contributed by atoms with van der Waals surface area (Å²) in [4.78, 5) is 37.1. The van der Waals surface area contributed by atoms with Crippen LogP contribution >= 0.6 is 0 Å². The maximum atomic E-state index is 15.3. The van der Waals surface area contributed by atoms with Crippen molar-refractivity contribution < 1.29 is 14.3 Å². The van der Waals surface area contributed by atoms with Gasteiger partial charge in [-0.2, -0.15) is 5.26 Å². The molecule has 2 saturated heterocycles. The van der Waals surface area contributed by atoms with E-state index in [9.17, 15) is 20.0 Å². The molecule has 0 spiro atoms. The van der Waals surface area contributed by atoms with E-state index < -0.39 is 23.0 Å². The fraction of sp³-hybridized carbons (Fsp3) is 0.267. The van der Waals surface area contributed by atoms with Crippen LogP contribution in [0.2, 0.25) is 0 Å². The molecule has 0 aliphatic carbocycles. The van der Waals surface area contributed by atoms with Gasteiger partial charge in [0.05, 0.1) is 27.8 Å². The lowest BCUT2D eigenvalue weighted by molar-refractivity contribution is 0.0694. The van der Waals surface area contributed by atoms with Crippen molar-refractivity contribution in [2.24, 2.45) is 11.7 Å². The number of carboxylic acid groups (broad SMARTS) is 1. The molecule has 5 aromatic rings. The summed E-state index contributed by atoms with van der Waals surface area (Å²) in [5.74, 6) is -1.79. The first-order valence-corrected chi connectivity index (χ1v) is 13.5. The van der Waals surface area contributed by atoms with Crippen molar-refractivity contribution in [1.29, 1.82) is 5.26 Å². The number of likely N-dealkylation sites (tertiary alicyclic amines) is 1. The molecule has 7 rings (SSSR count). The molecule has 212 valence electrons. The predicted octanol–water partition coefficient (Wildman–Crippen LogP) is 3.17. The summed E-state index contributed by atoms with van der Waals surface area (Å²) < 4.78 is 16.6. The number of carboxylic acids is 1. The Morgan fingerprint density at radius 3 is 2.83 bits per heavy atom. The Bertz CT molecular complexity index is 2080. The molecule has 11 nitrogen and oxygen atoms in total. The molecule has 0 saturated carbocycles. The van der Waals surface area contributed by atoms with Gasteiger partial charge in [0, 0.05) is 73.1 Å². The lowest BCUT2D eigenvalue weighted by Gasteiger charge is -2.38. The van der Waals surface area contributed by atoms with Gasteiger partial charge >= 0.3 is 5.97 Å². The number of fused-ring (bicyclic) bond motifs is 5. The van der Waals surface area contributed by atoms with Gasteiger partial charge in [0.15, 0.2) is 0 Å². The Morgan fingerprint density at radius 1 is 1.31 bits per heavy atom. The molecule has 0 amide bonds. The van der Waals surface area contributed by atoms with Crippen LogP contribution in [0.1, 0.15) is 22.3 Å². The number of nitriles is 1. The zero-order valence-electron chi connectivity index (χ0n) is 22.9. The number of nitrogens with zero attached hydrogens (tertiary/aromatic N) is 5. The molecule has 1 aromatic carbocycles. The zero-order chi connectivity index (χ0) is 29.5. The number of H-pyrrole nitrogens is 1. The topological polar surface area (TPSA) is 156 Å². The maximum Gasteiger partial charge on any atom is 0.341 e. The van der Waals surface area contributed by atoms with Crippen molar-refractivity contribution in [1.82, 2.24) is 19.3 Å². The minimum absolute atomic E-state index is 0.110. The number of likely N-dealkylation sites (N-methyl/N-ethyl adjacent to an activating group) is 1. The fourth-order valence-corrected chi connectivity index (χ4v) is 6.92. The van der Waals surface area contributed by atoms with Crippen molar-refractivity contribution in [2.45, 2.75) is 12.1 Å². The summed E-state index contributed by atoms with van der Waals surface area (Å²) in [5, 5.41) is 23.6. The normalized spacial score (nSPS) is 20.5. The first-order chi connectivity index (χ1) is 20.2. The van der Waals surface area contributed by atoms with Crippen LogP contribution in [-0.2, 0) is 0 Å². The highest BCUT2D eigenvalue weighted by molar-refractivity contribution is 6.19. The summed E-state index contributed by atoms with van der Waals surface area (Å²) in [6.45, 7) is 2.06. The number of carbonyl (C=O) groups is 1. The zero-order valence-corrected chi connectivity index (χ0v) is 22.9. The monoisotopic (exact) mass is 566 g/mol. The number of hydrogen-bond acceptors (Lipinski definition) is 8. The van der Waals surface area contributed by atoms with E-state index in [-0.39, 0.29) is 17.0 Å². The standard InChI is InChI=1S/C30H27FN8O3/c1-34-22-9-21(31)19(10-32)23-24-26(39-8-7-16-13-37(2)14-30(16,39)33)20(11-35-27(24)36-25(22)23)15-3-4-17-5-6-18(29(41)42)28(40)38(17)12-15/h3-6,9,11-12,16,34H,7-8,13-14,33H2,1-2H3,(H,35,36)(H,41,42)/t16?,30-/m1/s1. The lowest BCUT2D eigenvalue weighted by atomic mass is 9.95. The second kappa shape index (κ2) is 9.01. The summed E-state index contributed by atoms with van der Waals surface area (Å²) in [6, 6.07) is 9.77. The number of rotatable bonds is 4. The molecular weight excluding hydrogens is 539 g/mol. The average Bonchev–Trinajstić information content (AvgIpc) is 3.59. The molecule has 2 fully saturated rings. The van der Waals surface area contributed by atoms with Crippen LogP contribution in [0.4, 0.5) is 15.8 Å². The van der Waals surface area contributed by atoms with E-state index in [4.69, 9.17) is 10.7 Å². The average molecular weight is 567 g/mol. The van der Waals surface area contributed by atoms with Crippen LogP contribution in [0.25, 0.3) is 38.6 Å². The highest BCUT2D eigenvalue weighted by Gasteiger charge is 2.52. The van der Waals surface area contributed by atoms with E-state index in [1.807, 2.05) is 19.2 Å². The molecule has 42 heavy (non-hydrogen) atoms. The number of aromatic carboxylic acids is 1. The van der Waals surface area contributed by atoms with E-state index in [0.29, 0.717) is 63.0 Å². The Kier molecular flexibility index (Phi) is 5.56. The van der Waals surface area contributed by atoms with Crippen molar-refractivity contribution in [3.63, 3.8) is 0 Å². The van der Waals surface area contributed by atoms with E-state index in [1.54, 1.807) is 31.6 Å². The molecule has 2 aliphatic rings. The largest absolute Gasteiger partial charge is 0.477 e. The van der Waals surface area contributed by atoms with Crippen molar-refractivity contribution in [2.75, 3.05) is 43.9 Å². The van der Waals surface area contributed by atoms with E-state index in [1.165, 1.54) is 16.5 Å². The molecule has 6 heterocycles. The number of benzene rings is 1. The van der Waals surface area contributed by atoms with Gasteiger partial charge in [0.2, 0.25) is 0 Å². The van der Waals surface area contributed by atoms with Gasteiger partial charge < -0.3 is 30.9 Å². The van der Waals surface area contributed by atoms with Crippen LogP contribution in [0.15, 0.2) is 47.5 Å². The van der Waals surface area contributed by atoms with Gasteiger partial charge in [0.1, 0.15) is 28.8 Å². The molecule has 12 heteroatoms. The molecule has 0 bridgehead atoms. The van der Waals surface area contributed by atoms with E-state index in [0.717, 1.165) is 13.0 Å². The van der Waals surface area contributed by atoms with Gasteiger partial charge in [-0.25, -0.2) is 14.2 Å². The number of pyridine rings is 3. The van der Waals surface area contributed by atoms with E-state index in [2.05, 4.69) is 20.1 Å². The van der Waals surface area contributed by atoms with Crippen molar-refractivity contribution in [3.8, 4) is 17.2 Å². The van der Waals surface area contributed by atoms with Crippen LogP contribution in [-0.4, -0.2) is 69.7 Å². The van der Waals surface area contributed by atoms with Crippen LogP contribution in [0.3, 0.4) is 0 Å². The highest BCUT2D eigenvalue weighted by atomic mass is 19.1. The first kappa shape index (κ1) is 25.9. The number of nitrogens with one attached hydrogen (secondary N) is 2. The molecular formula is C30H27FN8O3. The minimum atomic E-state index is -1.31. The van der Waals surface area contributed by atoms with Crippen LogP contribution in [0.5, 0.6) is 0 Å². The number of nitrogens with two attached hydrogens (primary N) is 1. The summed E-state index contributed by atoms with van der Waals surface area (Å²) in [6.07, 6.45) is 4.11. The fourth-order valence-electron chi connectivity index (χ4n) is 6.92. The summed E-state index contributed by atoms with van der Waals surface area (Å²) >= 11 is 0. The van der Waals surface area contributed by atoms with Gasteiger partial charge in [-0.1, -0.05) is 6.07 Å². The lowest BCUT2D eigenvalue weighted by Crippen LogP contribution is -2.57. The smallest absolute Gasteiger partial charge is 0.341 e. The van der Waals surface area contributed by atoms with Gasteiger partial charge in [-0.15, -0.1) is 0 Å². The Labute approximate surface area is 238 Å². The predicted molar refractivity (Wildman–Crippen MR) is 157 cm³/mol. The van der Waals surface area contributed by atoms with Crippen LogP contribution in [0, 0.1) is 23.1 Å². The third kappa shape index (κ3) is 3.47. The maximum absolute atomic E-state index is 15.3. The van der Waals surface area contributed by atoms with Gasteiger partial charge in [0.25, 0.3) is 5.56 Å². The van der Waals surface area contributed by atoms with Crippen molar-refractivity contribution >= 4 is 44.8 Å². The quantitative estimate of drug-likeness (QED) is 0.257. The Balaban J connectivity index is 1.61. The Morgan fingerprint density at radius 2 is 2.10 bits per heavy atom. The Hall–Kier alpha value is -4.99. The molecule has 1 unspecified atom stereocenters. The molecule has 5 N–H and O–H groups in total. The second-order valence-electron chi connectivity index (χ2n) is 11.2. The SMILES string of the molecule is CNc1cc(F)c(C#N)c2c1[nH]c1ncc(-c3ccc4ccc(C(=O)O)c(=O)n4c3)c(N3CCC4CN(C)C[C@]43N)c12.